The average molecular weight is 304 g/mol. The molecule has 0 radical (unpaired) electrons. The molecule has 2 aromatic rings. The Balaban J connectivity index is 1.83. The summed E-state index contributed by atoms with van der Waals surface area (Å²) in [6.45, 7) is 4.92. The predicted molar refractivity (Wildman–Crippen MR) is 83.3 cm³/mol. The van der Waals surface area contributed by atoms with E-state index in [2.05, 4.69) is 0 Å². The zero-order valence-electron chi connectivity index (χ0n) is 12.2. The molecule has 0 unspecified atom stereocenters. The molecule has 2 rings (SSSR count). The lowest BCUT2D eigenvalue weighted by Gasteiger charge is -2.23. The molecule has 0 heterocycles. The third kappa shape index (κ3) is 5.22. The topological polar surface area (TPSA) is 58.9 Å². The second-order valence-corrected chi connectivity index (χ2v) is 8.69. The van der Waals surface area contributed by atoms with E-state index >= 15 is 0 Å². The van der Waals surface area contributed by atoms with E-state index in [4.69, 9.17) is 8.85 Å². The van der Waals surface area contributed by atoms with E-state index in [-0.39, 0.29) is 11.5 Å². The molecule has 21 heavy (non-hydrogen) atoms. The summed E-state index contributed by atoms with van der Waals surface area (Å²) in [5.74, 6) is 0.498. The Morgan fingerprint density at radius 1 is 0.714 bits per heavy atom. The zero-order chi connectivity index (χ0) is 15.3. The van der Waals surface area contributed by atoms with Crippen molar-refractivity contribution >= 4 is 8.56 Å². The minimum atomic E-state index is -2.22. The summed E-state index contributed by atoms with van der Waals surface area (Å²) in [7, 11) is -2.22. The Morgan fingerprint density at radius 3 is 1.38 bits per heavy atom. The van der Waals surface area contributed by atoms with Crippen LogP contribution in [0.5, 0.6) is 11.5 Å². The molecule has 0 amide bonds. The van der Waals surface area contributed by atoms with E-state index in [9.17, 15) is 10.2 Å². The van der Waals surface area contributed by atoms with Gasteiger partial charge >= 0.3 is 8.56 Å². The molecular weight excluding hydrogens is 284 g/mol. The molecule has 0 fully saturated rings. The summed E-state index contributed by atoms with van der Waals surface area (Å²) in [5.41, 5.74) is 2.00. The van der Waals surface area contributed by atoms with E-state index < -0.39 is 8.56 Å². The van der Waals surface area contributed by atoms with E-state index in [0.717, 1.165) is 11.1 Å². The Morgan fingerprint density at radius 2 is 1.05 bits per heavy atom. The summed E-state index contributed by atoms with van der Waals surface area (Å²) >= 11 is 0. The van der Waals surface area contributed by atoms with Gasteiger partial charge in [0.25, 0.3) is 0 Å². The van der Waals surface area contributed by atoms with Crippen molar-refractivity contribution < 1.29 is 19.1 Å². The molecule has 0 bridgehead atoms. The standard InChI is InChI=1S/C16H20O4Si/c1-21(2,19-11-13-3-7-15(17)8-4-13)20-12-14-5-9-16(18)10-6-14/h3-10,17-18H,11-12H2,1-2H3. The number of hydrogen-bond donors (Lipinski definition) is 2. The summed E-state index contributed by atoms with van der Waals surface area (Å²) in [4.78, 5) is 0. The molecule has 0 saturated carbocycles. The van der Waals surface area contributed by atoms with Crippen LogP contribution >= 0.6 is 0 Å². The lowest BCUT2D eigenvalue weighted by molar-refractivity contribution is 0.164. The molecule has 0 aliphatic carbocycles. The van der Waals surface area contributed by atoms with Gasteiger partial charge in [0, 0.05) is 0 Å². The maximum atomic E-state index is 9.24. The highest BCUT2D eigenvalue weighted by molar-refractivity contribution is 6.64. The number of hydrogen-bond acceptors (Lipinski definition) is 4. The van der Waals surface area contributed by atoms with Gasteiger partial charge in [-0.05, 0) is 48.5 Å². The molecule has 0 aliphatic rings. The number of aromatic hydroxyl groups is 2. The van der Waals surface area contributed by atoms with Crippen LogP contribution in [-0.4, -0.2) is 18.8 Å². The Hall–Kier alpha value is -1.82. The first-order chi connectivity index (χ1) is 9.94. The Labute approximate surface area is 125 Å². The van der Waals surface area contributed by atoms with E-state index in [1.807, 2.05) is 37.4 Å². The largest absolute Gasteiger partial charge is 0.508 e. The SMILES string of the molecule is C[Si](C)(OCc1ccc(O)cc1)OCc1ccc(O)cc1. The van der Waals surface area contributed by atoms with Gasteiger partial charge in [-0.3, -0.25) is 0 Å². The fourth-order valence-corrected chi connectivity index (χ4v) is 2.85. The van der Waals surface area contributed by atoms with Crippen molar-refractivity contribution in [3.8, 4) is 11.5 Å². The molecule has 2 aromatic carbocycles. The molecular formula is C16H20O4Si. The van der Waals surface area contributed by atoms with Gasteiger partial charge in [-0.25, -0.2) is 0 Å². The van der Waals surface area contributed by atoms with Gasteiger partial charge in [0.2, 0.25) is 0 Å². The lowest BCUT2D eigenvalue weighted by atomic mass is 10.2. The minimum absolute atomic E-state index is 0.249. The lowest BCUT2D eigenvalue weighted by Crippen LogP contribution is -2.34. The van der Waals surface area contributed by atoms with Gasteiger partial charge < -0.3 is 19.1 Å². The van der Waals surface area contributed by atoms with Crippen LogP contribution < -0.4 is 0 Å². The van der Waals surface area contributed by atoms with Gasteiger partial charge in [-0.2, -0.15) is 0 Å². The van der Waals surface area contributed by atoms with Crippen LogP contribution in [0.4, 0.5) is 0 Å². The van der Waals surface area contributed by atoms with Crippen molar-refractivity contribution in [1.82, 2.24) is 0 Å². The predicted octanol–water partition coefficient (Wildman–Crippen LogP) is 3.53. The van der Waals surface area contributed by atoms with Crippen molar-refractivity contribution in [3.05, 3.63) is 59.7 Å². The molecule has 112 valence electrons. The van der Waals surface area contributed by atoms with Crippen LogP contribution in [0.1, 0.15) is 11.1 Å². The first-order valence-corrected chi connectivity index (χ1v) is 9.60. The molecule has 0 saturated heterocycles. The average Bonchev–Trinajstić information content (AvgIpc) is 2.46. The molecule has 0 atom stereocenters. The third-order valence-corrected chi connectivity index (χ3v) is 4.72. The minimum Gasteiger partial charge on any atom is -0.508 e. The van der Waals surface area contributed by atoms with E-state index in [1.165, 1.54) is 0 Å². The van der Waals surface area contributed by atoms with Gasteiger partial charge in [0.05, 0.1) is 13.2 Å². The Kier molecular flexibility index (Phi) is 5.01. The van der Waals surface area contributed by atoms with Gasteiger partial charge in [0.1, 0.15) is 11.5 Å². The number of benzene rings is 2. The van der Waals surface area contributed by atoms with Gasteiger partial charge in [-0.15, -0.1) is 0 Å². The van der Waals surface area contributed by atoms with E-state index in [0.29, 0.717) is 13.2 Å². The van der Waals surface area contributed by atoms with Crippen LogP contribution in [0.3, 0.4) is 0 Å². The second kappa shape index (κ2) is 6.75. The molecule has 0 spiro atoms. The first kappa shape index (κ1) is 15.6. The second-order valence-electron chi connectivity index (χ2n) is 5.31. The number of phenols is 2. The fourth-order valence-electron chi connectivity index (χ4n) is 1.74. The van der Waals surface area contributed by atoms with Crippen molar-refractivity contribution in [2.75, 3.05) is 0 Å². The van der Waals surface area contributed by atoms with E-state index in [1.54, 1.807) is 24.3 Å². The third-order valence-electron chi connectivity index (χ3n) is 3.05. The van der Waals surface area contributed by atoms with Crippen molar-refractivity contribution in [1.29, 1.82) is 0 Å². The zero-order valence-corrected chi connectivity index (χ0v) is 13.2. The number of phenolic OH excluding ortho intramolecular Hbond substituents is 2. The fraction of sp³-hybridized carbons (Fsp3) is 0.250. The van der Waals surface area contributed by atoms with Crippen LogP contribution in [0.15, 0.2) is 48.5 Å². The highest BCUT2D eigenvalue weighted by atomic mass is 28.4. The summed E-state index contributed by atoms with van der Waals surface area (Å²) < 4.78 is 11.8. The monoisotopic (exact) mass is 304 g/mol. The van der Waals surface area contributed by atoms with Crippen LogP contribution in [-0.2, 0) is 22.1 Å². The molecule has 0 aliphatic heterocycles. The highest BCUT2D eigenvalue weighted by Gasteiger charge is 2.24. The molecule has 5 heteroatoms. The molecule has 0 aromatic heterocycles. The molecule has 4 nitrogen and oxygen atoms in total. The van der Waals surface area contributed by atoms with Crippen molar-refractivity contribution in [3.63, 3.8) is 0 Å². The maximum absolute atomic E-state index is 9.24. The van der Waals surface area contributed by atoms with Crippen LogP contribution in [0, 0.1) is 0 Å². The van der Waals surface area contributed by atoms with Gasteiger partial charge in [0.15, 0.2) is 0 Å². The van der Waals surface area contributed by atoms with Gasteiger partial charge in [-0.1, -0.05) is 24.3 Å². The highest BCUT2D eigenvalue weighted by Crippen LogP contribution is 2.17. The van der Waals surface area contributed by atoms with Crippen molar-refractivity contribution in [2.24, 2.45) is 0 Å². The normalized spacial score (nSPS) is 11.5. The van der Waals surface area contributed by atoms with Crippen molar-refractivity contribution in [2.45, 2.75) is 26.3 Å². The quantitative estimate of drug-likeness (QED) is 0.802. The smallest absolute Gasteiger partial charge is 0.332 e. The maximum Gasteiger partial charge on any atom is 0.332 e. The summed E-state index contributed by atoms with van der Waals surface area (Å²) in [6.07, 6.45) is 0. The van der Waals surface area contributed by atoms with Crippen LogP contribution in [0.25, 0.3) is 0 Å². The summed E-state index contributed by atoms with van der Waals surface area (Å²) in [6, 6.07) is 13.9. The molecule has 2 N–H and O–H groups in total. The summed E-state index contributed by atoms with van der Waals surface area (Å²) in [5, 5.41) is 18.5. The Bertz CT molecular complexity index is 512. The first-order valence-electron chi connectivity index (χ1n) is 6.78. The number of rotatable bonds is 6. The van der Waals surface area contributed by atoms with Crippen LogP contribution in [0.2, 0.25) is 13.1 Å².